The maximum Gasteiger partial charge on any atom is 0.188 e. The molecule has 1 saturated heterocycles. The van der Waals surface area contributed by atoms with Crippen molar-refractivity contribution in [2.24, 2.45) is 11.7 Å². The summed E-state index contributed by atoms with van der Waals surface area (Å²) in [7, 11) is 0. The summed E-state index contributed by atoms with van der Waals surface area (Å²) in [6, 6.07) is 14.5. The summed E-state index contributed by atoms with van der Waals surface area (Å²) in [5.41, 5.74) is 16.1. The number of benzene rings is 2. The number of nitrogens with zero attached hydrogens (tertiary/aromatic N) is 2. The summed E-state index contributed by atoms with van der Waals surface area (Å²) < 4.78 is 6.13. The predicted octanol–water partition coefficient (Wildman–Crippen LogP) is 2.82. The van der Waals surface area contributed by atoms with Crippen molar-refractivity contribution in [1.82, 2.24) is 4.90 Å². The maximum atomic E-state index is 7.65. The van der Waals surface area contributed by atoms with Crippen molar-refractivity contribution in [2.45, 2.75) is 25.8 Å². The van der Waals surface area contributed by atoms with Crippen molar-refractivity contribution >= 4 is 17.3 Å². The van der Waals surface area contributed by atoms with Gasteiger partial charge in [-0.05, 0) is 66.6 Å². The zero-order chi connectivity index (χ0) is 19.5. The molecule has 0 saturated carbocycles. The molecule has 28 heavy (non-hydrogen) atoms. The molecule has 0 spiro atoms. The fourth-order valence-corrected chi connectivity index (χ4v) is 4.12. The van der Waals surface area contributed by atoms with E-state index in [9.17, 15) is 0 Å². The van der Waals surface area contributed by atoms with Gasteiger partial charge in [0.15, 0.2) is 5.96 Å². The summed E-state index contributed by atoms with van der Waals surface area (Å²) in [5, 5.41) is 7.65. The molecule has 6 heteroatoms. The fourth-order valence-electron chi connectivity index (χ4n) is 4.12. The molecular formula is C22H29N5O. The van der Waals surface area contributed by atoms with Crippen LogP contribution in [0.1, 0.15) is 24.0 Å². The summed E-state index contributed by atoms with van der Waals surface area (Å²) in [4.78, 5) is 4.31. The van der Waals surface area contributed by atoms with E-state index in [4.69, 9.17) is 21.6 Å². The Bertz CT molecular complexity index is 845. The zero-order valence-electron chi connectivity index (χ0n) is 16.2. The average Bonchev–Trinajstić information content (AvgIpc) is 2.72. The van der Waals surface area contributed by atoms with E-state index in [-0.39, 0.29) is 5.96 Å². The Morgan fingerprint density at radius 1 is 1.07 bits per heavy atom. The molecule has 0 aliphatic carbocycles. The Morgan fingerprint density at radius 3 is 2.64 bits per heavy atom. The van der Waals surface area contributed by atoms with Crippen LogP contribution in [0.3, 0.4) is 0 Å². The van der Waals surface area contributed by atoms with Gasteiger partial charge in [-0.1, -0.05) is 12.1 Å². The maximum absolute atomic E-state index is 7.65. The molecule has 0 radical (unpaired) electrons. The van der Waals surface area contributed by atoms with Crippen LogP contribution in [0.4, 0.5) is 11.4 Å². The van der Waals surface area contributed by atoms with Crippen LogP contribution < -0.4 is 21.1 Å². The van der Waals surface area contributed by atoms with E-state index >= 15 is 0 Å². The molecule has 2 heterocycles. The Hall–Kier alpha value is -2.89. The molecule has 148 valence electrons. The molecule has 2 aliphatic heterocycles. The lowest BCUT2D eigenvalue weighted by molar-refractivity contribution is 0.222. The molecule has 0 unspecified atom stereocenters. The largest absolute Gasteiger partial charge is 0.493 e. The van der Waals surface area contributed by atoms with E-state index in [1.165, 1.54) is 16.8 Å². The summed E-state index contributed by atoms with van der Waals surface area (Å²) >= 11 is 0. The minimum Gasteiger partial charge on any atom is -0.493 e. The Kier molecular flexibility index (Phi) is 5.28. The SMILES string of the molecule is N=C(N)N1CCc2ccc(OCC3CCN(c4cccc(N)c4)CC3)cc2C1. The Balaban J connectivity index is 1.30. The number of hydrogen-bond donors (Lipinski definition) is 3. The number of hydrogen-bond acceptors (Lipinski definition) is 4. The van der Waals surface area contributed by atoms with Gasteiger partial charge < -0.3 is 26.0 Å². The molecule has 0 atom stereocenters. The average molecular weight is 380 g/mol. The summed E-state index contributed by atoms with van der Waals surface area (Å²) in [6.45, 7) is 4.33. The molecule has 2 aliphatic rings. The van der Waals surface area contributed by atoms with Crippen molar-refractivity contribution in [2.75, 3.05) is 36.9 Å². The van der Waals surface area contributed by atoms with Gasteiger partial charge in [0.1, 0.15) is 5.75 Å². The Labute approximate surface area is 166 Å². The number of piperidine rings is 1. The monoisotopic (exact) mass is 379 g/mol. The van der Waals surface area contributed by atoms with Crippen molar-refractivity contribution in [3.63, 3.8) is 0 Å². The quantitative estimate of drug-likeness (QED) is 0.432. The van der Waals surface area contributed by atoms with Gasteiger partial charge in [0.2, 0.25) is 0 Å². The highest BCUT2D eigenvalue weighted by molar-refractivity contribution is 5.75. The first-order chi connectivity index (χ1) is 13.6. The smallest absolute Gasteiger partial charge is 0.188 e. The highest BCUT2D eigenvalue weighted by Crippen LogP contribution is 2.27. The molecular weight excluding hydrogens is 350 g/mol. The van der Waals surface area contributed by atoms with E-state index in [0.717, 1.165) is 56.9 Å². The zero-order valence-corrected chi connectivity index (χ0v) is 16.2. The molecule has 5 N–H and O–H groups in total. The number of fused-ring (bicyclic) bond motifs is 1. The van der Waals surface area contributed by atoms with Crippen LogP contribution in [-0.4, -0.2) is 37.1 Å². The lowest BCUT2D eigenvalue weighted by Gasteiger charge is -2.33. The van der Waals surface area contributed by atoms with E-state index in [0.29, 0.717) is 12.5 Å². The third-order valence-electron chi connectivity index (χ3n) is 5.87. The lowest BCUT2D eigenvalue weighted by atomic mass is 9.97. The first-order valence-corrected chi connectivity index (χ1v) is 10.0. The van der Waals surface area contributed by atoms with Gasteiger partial charge in [-0.25, -0.2) is 0 Å². The normalized spacial score (nSPS) is 17.3. The van der Waals surface area contributed by atoms with Gasteiger partial charge in [-0.15, -0.1) is 0 Å². The van der Waals surface area contributed by atoms with Crippen LogP contribution in [0, 0.1) is 11.3 Å². The minimum atomic E-state index is 0.143. The van der Waals surface area contributed by atoms with Crippen LogP contribution in [0.25, 0.3) is 0 Å². The molecule has 6 nitrogen and oxygen atoms in total. The number of rotatable bonds is 4. The van der Waals surface area contributed by atoms with Gasteiger partial charge >= 0.3 is 0 Å². The predicted molar refractivity (Wildman–Crippen MR) is 114 cm³/mol. The Morgan fingerprint density at radius 2 is 1.89 bits per heavy atom. The molecule has 0 amide bonds. The standard InChI is InChI=1S/C22H29N5O/c23-19-2-1-3-20(13-19)26-9-6-16(7-10-26)15-28-21-5-4-17-8-11-27(22(24)25)14-18(17)12-21/h1-5,12-13,16H,6-11,14-15,23H2,(H3,24,25). The fraction of sp³-hybridized carbons (Fsp3) is 0.409. The van der Waals surface area contributed by atoms with Crippen LogP contribution in [0.2, 0.25) is 0 Å². The molecule has 0 aromatic heterocycles. The van der Waals surface area contributed by atoms with Crippen LogP contribution in [-0.2, 0) is 13.0 Å². The summed E-state index contributed by atoms with van der Waals surface area (Å²) in [6.07, 6.45) is 3.17. The van der Waals surface area contributed by atoms with Crippen molar-refractivity contribution in [3.05, 3.63) is 53.6 Å². The van der Waals surface area contributed by atoms with E-state index in [2.05, 4.69) is 29.2 Å². The second-order valence-electron chi connectivity index (χ2n) is 7.82. The summed E-state index contributed by atoms with van der Waals surface area (Å²) in [5.74, 6) is 1.63. The van der Waals surface area contributed by atoms with Crippen molar-refractivity contribution in [3.8, 4) is 5.75 Å². The molecule has 2 aromatic carbocycles. The number of anilines is 2. The van der Waals surface area contributed by atoms with Gasteiger partial charge in [0.05, 0.1) is 6.61 Å². The second-order valence-corrected chi connectivity index (χ2v) is 7.82. The van der Waals surface area contributed by atoms with Crippen LogP contribution in [0.5, 0.6) is 5.75 Å². The van der Waals surface area contributed by atoms with E-state index in [1.807, 2.05) is 23.1 Å². The van der Waals surface area contributed by atoms with Gasteiger partial charge in [-0.3, -0.25) is 5.41 Å². The lowest BCUT2D eigenvalue weighted by Crippen LogP contribution is -2.40. The van der Waals surface area contributed by atoms with Crippen molar-refractivity contribution in [1.29, 1.82) is 5.41 Å². The molecule has 4 rings (SSSR count). The number of nitrogens with one attached hydrogen (secondary N) is 1. The number of nitrogen functional groups attached to an aromatic ring is 1. The van der Waals surface area contributed by atoms with Crippen LogP contribution in [0.15, 0.2) is 42.5 Å². The van der Waals surface area contributed by atoms with Gasteiger partial charge in [0, 0.05) is 37.6 Å². The number of nitrogens with two attached hydrogens (primary N) is 2. The topological polar surface area (TPSA) is 91.6 Å². The second kappa shape index (κ2) is 8.00. The highest BCUT2D eigenvalue weighted by Gasteiger charge is 2.21. The van der Waals surface area contributed by atoms with Crippen LogP contribution >= 0.6 is 0 Å². The third-order valence-corrected chi connectivity index (χ3v) is 5.87. The van der Waals surface area contributed by atoms with E-state index < -0.39 is 0 Å². The van der Waals surface area contributed by atoms with Crippen molar-refractivity contribution < 1.29 is 4.74 Å². The molecule has 1 fully saturated rings. The molecule has 0 bridgehead atoms. The highest BCUT2D eigenvalue weighted by atomic mass is 16.5. The van der Waals surface area contributed by atoms with E-state index in [1.54, 1.807) is 0 Å². The first kappa shape index (κ1) is 18.5. The van der Waals surface area contributed by atoms with Gasteiger partial charge in [0.25, 0.3) is 0 Å². The third kappa shape index (κ3) is 4.16. The van der Waals surface area contributed by atoms with Gasteiger partial charge in [-0.2, -0.15) is 0 Å². The number of guanidine groups is 1. The first-order valence-electron chi connectivity index (χ1n) is 10.0. The number of ether oxygens (including phenoxy) is 1. The molecule has 2 aromatic rings. The minimum absolute atomic E-state index is 0.143.